The van der Waals surface area contributed by atoms with Crippen LogP contribution in [0.1, 0.15) is 12.7 Å². The summed E-state index contributed by atoms with van der Waals surface area (Å²) in [7, 11) is 3.39. The molecular weight excluding hydrogens is 312 g/mol. The van der Waals surface area contributed by atoms with Gasteiger partial charge in [0.05, 0.1) is 18.5 Å². The SMILES string of the molecule is CN(Cc1ccco1)C(=O)[C@]1(C)Sc2ccccc2N(C)C1=O. The van der Waals surface area contributed by atoms with Crippen molar-refractivity contribution < 1.29 is 14.0 Å². The predicted octanol–water partition coefficient (Wildman–Crippen LogP) is 2.77. The molecule has 1 aromatic carbocycles. The fourth-order valence-electron chi connectivity index (χ4n) is 2.72. The van der Waals surface area contributed by atoms with Gasteiger partial charge < -0.3 is 14.2 Å². The van der Waals surface area contributed by atoms with Gasteiger partial charge in [0.2, 0.25) is 5.91 Å². The average molecular weight is 330 g/mol. The predicted molar refractivity (Wildman–Crippen MR) is 89.3 cm³/mol. The van der Waals surface area contributed by atoms with E-state index in [0.717, 1.165) is 10.6 Å². The van der Waals surface area contributed by atoms with E-state index in [4.69, 9.17) is 4.42 Å². The lowest BCUT2D eigenvalue weighted by atomic mass is 10.1. The molecule has 6 heteroatoms. The van der Waals surface area contributed by atoms with Crippen LogP contribution in [0.4, 0.5) is 5.69 Å². The Morgan fingerprint density at radius 2 is 2.04 bits per heavy atom. The third-order valence-corrected chi connectivity index (χ3v) is 5.30. The van der Waals surface area contributed by atoms with E-state index in [9.17, 15) is 9.59 Å². The minimum atomic E-state index is -1.18. The first-order valence-corrected chi connectivity index (χ1v) is 8.09. The van der Waals surface area contributed by atoms with E-state index in [1.54, 1.807) is 38.2 Å². The van der Waals surface area contributed by atoms with Crippen LogP contribution in [0.3, 0.4) is 0 Å². The number of nitrogens with zero attached hydrogens (tertiary/aromatic N) is 2. The van der Waals surface area contributed by atoms with E-state index in [1.807, 2.05) is 30.3 Å². The molecule has 0 aliphatic carbocycles. The number of furan rings is 1. The van der Waals surface area contributed by atoms with Crippen molar-refractivity contribution >= 4 is 29.3 Å². The standard InChI is InChI=1S/C17H18N2O3S/c1-17(15(20)18(2)11-12-7-6-10-22-12)16(21)19(3)13-8-4-5-9-14(13)23-17/h4-10H,11H2,1-3H3/t17-/m0/s1. The first kappa shape index (κ1) is 15.7. The summed E-state index contributed by atoms with van der Waals surface area (Å²) < 4.78 is 4.11. The van der Waals surface area contributed by atoms with Crippen molar-refractivity contribution in [3.63, 3.8) is 0 Å². The van der Waals surface area contributed by atoms with Crippen LogP contribution in [0.25, 0.3) is 0 Å². The van der Waals surface area contributed by atoms with Gasteiger partial charge in [-0.25, -0.2) is 0 Å². The van der Waals surface area contributed by atoms with Gasteiger partial charge in [-0.05, 0) is 31.2 Å². The summed E-state index contributed by atoms with van der Waals surface area (Å²) in [5.41, 5.74) is 0.835. The van der Waals surface area contributed by atoms with Gasteiger partial charge in [-0.3, -0.25) is 9.59 Å². The van der Waals surface area contributed by atoms with Gasteiger partial charge in [0, 0.05) is 19.0 Å². The Kier molecular flexibility index (Phi) is 3.93. The Labute approximate surface area is 139 Å². The molecule has 2 amide bonds. The third-order valence-electron chi connectivity index (χ3n) is 3.98. The number of carbonyl (C=O) groups is 2. The summed E-state index contributed by atoms with van der Waals surface area (Å²) in [5, 5.41) is 0. The highest BCUT2D eigenvalue weighted by atomic mass is 32.2. The molecule has 1 atom stereocenters. The molecule has 1 aromatic heterocycles. The Morgan fingerprint density at radius 3 is 2.74 bits per heavy atom. The minimum Gasteiger partial charge on any atom is -0.467 e. The van der Waals surface area contributed by atoms with Gasteiger partial charge in [0.1, 0.15) is 5.76 Å². The number of amides is 2. The van der Waals surface area contributed by atoms with E-state index >= 15 is 0 Å². The number of anilines is 1. The minimum absolute atomic E-state index is 0.211. The number of thioether (sulfide) groups is 1. The zero-order chi connectivity index (χ0) is 16.6. The number of hydrogen-bond acceptors (Lipinski definition) is 4. The summed E-state index contributed by atoms with van der Waals surface area (Å²) >= 11 is 1.31. The lowest BCUT2D eigenvalue weighted by Crippen LogP contribution is -2.55. The van der Waals surface area contributed by atoms with Crippen LogP contribution in [0.5, 0.6) is 0 Å². The second-order valence-corrected chi connectivity index (χ2v) is 7.17. The van der Waals surface area contributed by atoms with Crippen molar-refractivity contribution in [3.8, 4) is 0 Å². The van der Waals surface area contributed by atoms with Gasteiger partial charge in [-0.1, -0.05) is 23.9 Å². The van der Waals surface area contributed by atoms with Gasteiger partial charge >= 0.3 is 0 Å². The first-order valence-electron chi connectivity index (χ1n) is 7.27. The molecule has 0 N–H and O–H groups in total. The van der Waals surface area contributed by atoms with Gasteiger partial charge in [-0.2, -0.15) is 0 Å². The zero-order valence-electron chi connectivity index (χ0n) is 13.3. The number of para-hydroxylation sites is 1. The quantitative estimate of drug-likeness (QED) is 0.812. The molecule has 0 spiro atoms. The van der Waals surface area contributed by atoms with Crippen LogP contribution < -0.4 is 4.90 Å². The zero-order valence-corrected chi connectivity index (χ0v) is 14.1. The van der Waals surface area contributed by atoms with Crippen LogP contribution >= 0.6 is 11.8 Å². The molecule has 0 saturated heterocycles. The number of fused-ring (bicyclic) bond motifs is 1. The lowest BCUT2D eigenvalue weighted by molar-refractivity contribution is -0.138. The average Bonchev–Trinajstić information content (AvgIpc) is 3.05. The Hall–Kier alpha value is -2.21. The Bertz CT molecular complexity index is 744. The number of rotatable bonds is 3. The van der Waals surface area contributed by atoms with E-state index in [2.05, 4.69) is 0 Å². The van der Waals surface area contributed by atoms with Crippen molar-refractivity contribution in [2.75, 3.05) is 19.0 Å². The topological polar surface area (TPSA) is 53.8 Å². The molecule has 0 unspecified atom stereocenters. The molecule has 2 heterocycles. The normalized spacial score (nSPS) is 20.3. The molecule has 2 aromatic rings. The summed E-state index contributed by atoms with van der Waals surface area (Å²) in [6, 6.07) is 11.2. The summed E-state index contributed by atoms with van der Waals surface area (Å²) in [5.74, 6) is 0.245. The van der Waals surface area contributed by atoms with Gasteiger partial charge in [-0.15, -0.1) is 0 Å². The van der Waals surface area contributed by atoms with Crippen molar-refractivity contribution in [3.05, 3.63) is 48.4 Å². The smallest absolute Gasteiger partial charge is 0.252 e. The highest BCUT2D eigenvalue weighted by molar-refractivity contribution is 8.02. The molecule has 0 bridgehead atoms. The van der Waals surface area contributed by atoms with Crippen LogP contribution in [0, 0.1) is 0 Å². The van der Waals surface area contributed by atoms with E-state index < -0.39 is 4.75 Å². The molecule has 120 valence electrons. The van der Waals surface area contributed by atoms with Crippen LogP contribution in [0.15, 0.2) is 52.0 Å². The fourth-order valence-corrected chi connectivity index (χ4v) is 4.08. The van der Waals surface area contributed by atoms with E-state index in [-0.39, 0.29) is 11.8 Å². The second-order valence-electron chi connectivity index (χ2n) is 5.71. The van der Waals surface area contributed by atoms with E-state index in [0.29, 0.717) is 12.3 Å². The summed E-state index contributed by atoms with van der Waals surface area (Å²) in [4.78, 5) is 29.7. The molecule has 1 aliphatic heterocycles. The lowest BCUT2D eigenvalue weighted by Gasteiger charge is -2.38. The van der Waals surface area contributed by atoms with Crippen molar-refractivity contribution in [2.45, 2.75) is 23.1 Å². The maximum Gasteiger partial charge on any atom is 0.252 e. The molecule has 0 radical (unpaired) electrons. The molecule has 1 aliphatic rings. The van der Waals surface area contributed by atoms with E-state index in [1.165, 1.54) is 16.7 Å². The van der Waals surface area contributed by atoms with Crippen LogP contribution in [0.2, 0.25) is 0 Å². The first-order chi connectivity index (χ1) is 10.9. The number of carbonyl (C=O) groups excluding carboxylic acids is 2. The van der Waals surface area contributed by atoms with Crippen LogP contribution in [-0.2, 0) is 16.1 Å². The fraction of sp³-hybridized carbons (Fsp3) is 0.294. The van der Waals surface area contributed by atoms with Gasteiger partial charge in [0.15, 0.2) is 4.75 Å². The Balaban J connectivity index is 1.88. The van der Waals surface area contributed by atoms with Gasteiger partial charge in [0.25, 0.3) is 5.91 Å². The number of benzene rings is 1. The largest absolute Gasteiger partial charge is 0.467 e. The summed E-state index contributed by atoms with van der Waals surface area (Å²) in [6.45, 7) is 2.02. The molecular formula is C17H18N2O3S. The van der Waals surface area contributed by atoms with Crippen molar-refractivity contribution in [2.24, 2.45) is 0 Å². The maximum absolute atomic E-state index is 12.9. The molecule has 5 nitrogen and oxygen atoms in total. The number of hydrogen-bond donors (Lipinski definition) is 0. The highest BCUT2D eigenvalue weighted by Crippen LogP contribution is 2.45. The van der Waals surface area contributed by atoms with Crippen molar-refractivity contribution in [1.82, 2.24) is 4.90 Å². The van der Waals surface area contributed by atoms with Crippen molar-refractivity contribution in [1.29, 1.82) is 0 Å². The monoisotopic (exact) mass is 330 g/mol. The summed E-state index contributed by atoms with van der Waals surface area (Å²) in [6.07, 6.45) is 1.57. The highest BCUT2D eigenvalue weighted by Gasteiger charge is 2.49. The van der Waals surface area contributed by atoms with Crippen LogP contribution in [-0.4, -0.2) is 35.6 Å². The molecule has 0 saturated carbocycles. The maximum atomic E-state index is 12.9. The molecule has 0 fully saturated rings. The second kappa shape index (κ2) is 5.77. The molecule has 23 heavy (non-hydrogen) atoms. The third kappa shape index (κ3) is 2.63. The Morgan fingerprint density at radius 1 is 1.30 bits per heavy atom. The molecule has 3 rings (SSSR count).